The third-order valence-corrected chi connectivity index (χ3v) is 5.28. The summed E-state index contributed by atoms with van der Waals surface area (Å²) >= 11 is 0. The second kappa shape index (κ2) is 10.1. The molecule has 0 atom stereocenters. The highest BCUT2D eigenvalue weighted by atomic mass is 16.5. The van der Waals surface area contributed by atoms with E-state index in [1.165, 1.54) is 5.56 Å². The first-order valence-electron chi connectivity index (χ1n) is 10.4. The Balaban J connectivity index is 1.54. The average molecular weight is 428 g/mol. The van der Waals surface area contributed by atoms with Crippen LogP contribution in [-0.4, -0.2) is 69.7 Å². The number of rotatable bonds is 6. The van der Waals surface area contributed by atoms with Crippen LogP contribution >= 0.6 is 0 Å². The van der Waals surface area contributed by atoms with Gasteiger partial charge in [0.05, 0.1) is 0 Å². The van der Waals surface area contributed by atoms with Crippen molar-refractivity contribution in [1.82, 2.24) is 9.80 Å². The molecule has 1 heterocycles. The Kier molecular flexibility index (Phi) is 7.23. The quantitative estimate of drug-likeness (QED) is 0.610. The first-order valence-corrected chi connectivity index (χ1v) is 10.4. The number of benzene rings is 2. The van der Waals surface area contributed by atoms with Crippen molar-refractivity contribution >= 4 is 11.8 Å². The van der Waals surface area contributed by atoms with E-state index in [0.717, 1.165) is 25.0 Å². The molecule has 1 aliphatic heterocycles. The van der Waals surface area contributed by atoms with Crippen molar-refractivity contribution in [3.05, 3.63) is 47.5 Å². The molecule has 0 radical (unpaired) electrons. The number of phenolic OH excluding ortho intramolecular Hbond substituents is 3. The molecule has 1 saturated heterocycles. The van der Waals surface area contributed by atoms with Crippen LogP contribution in [0.3, 0.4) is 0 Å². The number of carbonyl (C=O) groups is 2. The second-order valence-electron chi connectivity index (χ2n) is 7.57. The zero-order valence-corrected chi connectivity index (χ0v) is 17.6. The minimum atomic E-state index is -0.663. The Morgan fingerprint density at radius 3 is 2.19 bits per heavy atom. The van der Waals surface area contributed by atoms with Crippen LogP contribution in [0.25, 0.3) is 0 Å². The lowest BCUT2D eigenvalue weighted by Crippen LogP contribution is -2.39. The van der Waals surface area contributed by atoms with Gasteiger partial charge in [0.2, 0.25) is 0 Å². The minimum absolute atomic E-state index is 0.0687. The van der Waals surface area contributed by atoms with Gasteiger partial charge in [-0.15, -0.1) is 0 Å². The Labute approximate surface area is 181 Å². The van der Waals surface area contributed by atoms with E-state index < -0.39 is 17.2 Å². The van der Waals surface area contributed by atoms with Crippen LogP contribution in [0.1, 0.15) is 35.7 Å². The summed E-state index contributed by atoms with van der Waals surface area (Å²) < 4.78 is 5.63. The fourth-order valence-electron chi connectivity index (χ4n) is 3.56. The summed E-state index contributed by atoms with van der Waals surface area (Å²) in [5, 5.41) is 28.7. The molecule has 31 heavy (non-hydrogen) atoms. The maximum absolute atomic E-state index is 12.7. The molecule has 2 aromatic carbocycles. The van der Waals surface area contributed by atoms with Crippen molar-refractivity contribution in [1.29, 1.82) is 0 Å². The zero-order valence-electron chi connectivity index (χ0n) is 17.6. The van der Waals surface area contributed by atoms with Crippen molar-refractivity contribution in [2.75, 3.05) is 32.8 Å². The predicted octanol–water partition coefficient (Wildman–Crippen LogP) is 2.51. The number of aryl methyl sites for hydroxylation is 1. The third-order valence-electron chi connectivity index (χ3n) is 5.28. The topological polar surface area (TPSA) is 111 Å². The van der Waals surface area contributed by atoms with Crippen LogP contribution in [0.15, 0.2) is 36.4 Å². The largest absolute Gasteiger partial charge is 0.504 e. The van der Waals surface area contributed by atoms with Crippen molar-refractivity contribution in [3.63, 3.8) is 0 Å². The lowest BCUT2D eigenvalue weighted by molar-refractivity contribution is -0.133. The second-order valence-corrected chi connectivity index (χ2v) is 7.57. The number of amides is 2. The van der Waals surface area contributed by atoms with Gasteiger partial charge in [0.15, 0.2) is 23.9 Å². The predicted molar refractivity (Wildman–Crippen MR) is 114 cm³/mol. The molecular formula is C23H28N2O6. The molecule has 166 valence electrons. The van der Waals surface area contributed by atoms with Gasteiger partial charge in [0, 0.05) is 31.7 Å². The smallest absolute Gasteiger partial charge is 0.260 e. The van der Waals surface area contributed by atoms with Gasteiger partial charge in [-0.25, -0.2) is 0 Å². The van der Waals surface area contributed by atoms with E-state index in [9.17, 15) is 24.9 Å². The van der Waals surface area contributed by atoms with Gasteiger partial charge in [-0.05, 0) is 42.7 Å². The molecule has 2 amide bonds. The van der Waals surface area contributed by atoms with E-state index in [-0.39, 0.29) is 24.0 Å². The molecule has 0 aromatic heterocycles. The lowest BCUT2D eigenvalue weighted by Gasteiger charge is -2.22. The van der Waals surface area contributed by atoms with Gasteiger partial charge >= 0.3 is 0 Å². The van der Waals surface area contributed by atoms with Crippen LogP contribution in [0.5, 0.6) is 23.0 Å². The van der Waals surface area contributed by atoms with E-state index in [0.29, 0.717) is 38.3 Å². The molecule has 1 aliphatic rings. The van der Waals surface area contributed by atoms with Gasteiger partial charge in [0.1, 0.15) is 5.75 Å². The molecule has 8 heteroatoms. The maximum Gasteiger partial charge on any atom is 0.260 e. The van der Waals surface area contributed by atoms with Gasteiger partial charge in [-0.1, -0.05) is 25.5 Å². The van der Waals surface area contributed by atoms with Crippen molar-refractivity contribution in [2.24, 2.45) is 0 Å². The molecule has 1 fully saturated rings. The monoisotopic (exact) mass is 428 g/mol. The molecular weight excluding hydrogens is 400 g/mol. The van der Waals surface area contributed by atoms with E-state index in [1.54, 1.807) is 9.80 Å². The van der Waals surface area contributed by atoms with Crippen LogP contribution in [0, 0.1) is 0 Å². The first kappa shape index (κ1) is 22.3. The standard InChI is InChI=1S/C23H28N2O6/c1-2-4-16-5-7-18(8-6-16)31-15-21(28)24-9-3-10-25(12-11-24)23(30)17-13-19(26)22(29)20(27)14-17/h5-8,13-14,26-27,29H,2-4,9-12,15H2,1H3. The van der Waals surface area contributed by atoms with Gasteiger partial charge < -0.3 is 29.9 Å². The molecule has 3 rings (SSSR count). The average Bonchev–Trinajstić information content (AvgIpc) is 3.02. The third kappa shape index (κ3) is 5.59. The van der Waals surface area contributed by atoms with Crippen LogP contribution in [0.4, 0.5) is 0 Å². The SMILES string of the molecule is CCCc1ccc(OCC(=O)N2CCCN(C(=O)c3cc(O)c(O)c(O)c3)CC2)cc1. The molecule has 0 unspecified atom stereocenters. The van der Waals surface area contributed by atoms with Crippen LogP contribution in [0.2, 0.25) is 0 Å². The molecule has 8 nitrogen and oxygen atoms in total. The summed E-state index contributed by atoms with van der Waals surface area (Å²) in [7, 11) is 0. The van der Waals surface area contributed by atoms with Crippen LogP contribution < -0.4 is 4.74 Å². The minimum Gasteiger partial charge on any atom is -0.504 e. The zero-order chi connectivity index (χ0) is 22.4. The summed E-state index contributed by atoms with van der Waals surface area (Å²) in [5.41, 5.74) is 1.30. The molecule has 0 bridgehead atoms. The Morgan fingerprint density at radius 1 is 0.935 bits per heavy atom. The molecule has 0 saturated carbocycles. The molecule has 2 aromatic rings. The normalized spacial score (nSPS) is 14.2. The fourth-order valence-corrected chi connectivity index (χ4v) is 3.56. The number of ether oxygens (including phenoxy) is 1. The number of aromatic hydroxyl groups is 3. The molecule has 0 spiro atoms. The van der Waals surface area contributed by atoms with Crippen molar-refractivity contribution in [2.45, 2.75) is 26.2 Å². The molecule has 3 N–H and O–H groups in total. The number of phenols is 3. The van der Waals surface area contributed by atoms with Gasteiger partial charge in [-0.3, -0.25) is 9.59 Å². The Hall–Kier alpha value is -3.42. The Bertz CT molecular complexity index is 905. The summed E-state index contributed by atoms with van der Waals surface area (Å²) in [4.78, 5) is 28.5. The first-order chi connectivity index (χ1) is 14.9. The number of hydrogen-bond donors (Lipinski definition) is 3. The number of carbonyl (C=O) groups excluding carboxylic acids is 2. The summed E-state index contributed by atoms with van der Waals surface area (Å²) in [5.74, 6) is -1.67. The molecule has 0 aliphatic carbocycles. The van der Waals surface area contributed by atoms with Crippen LogP contribution in [-0.2, 0) is 11.2 Å². The highest BCUT2D eigenvalue weighted by Gasteiger charge is 2.24. The van der Waals surface area contributed by atoms with Crippen molar-refractivity contribution in [3.8, 4) is 23.0 Å². The number of nitrogens with zero attached hydrogens (tertiary/aromatic N) is 2. The van der Waals surface area contributed by atoms with E-state index in [1.807, 2.05) is 24.3 Å². The summed E-state index contributed by atoms with van der Waals surface area (Å²) in [6.07, 6.45) is 2.67. The van der Waals surface area contributed by atoms with Gasteiger partial charge in [-0.2, -0.15) is 0 Å². The highest BCUT2D eigenvalue weighted by Crippen LogP contribution is 2.35. The number of hydrogen-bond acceptors (Lipinski definition) is 6. The summed E-state index contributed by atoms with van der Waals surface area (Å²) in [6.45, 7) is 3.68. The Morgan fingerprint density at radius 2 is 1.55 bits per heavy atom. The van der Waals surface area contributed by atoms with E-state index >= 15 is 0 Å². The summed E-state index contributed by atoms with van der Waals surface area (Å²) in [6, 6.07) is 9.96. The van der Waals surface area contributed by atoms with Crippen molar-refractivity contribution < 1.29 is 29.6 Å². The van der Waals surface area contributed by atoms with E-state index in [4.69, 9.17) is 4.74 Å². The fraction of sp³-hybridized carbons (Fsp3) is 0.391. The van der Waals surface area contributed by atoms with E-state index in [2.05, 4.69) is 6.92 Å². The maximum atomic E-state index is 12.7. The van der Waals surface area contributed by atoms with Gasteiger partial charge in [0.25, 0.3) is 11.8 Å². The highest BCUT2D eigenvalue weighted by molar-refractivity contribution is 5.95. The lowest BCUT2D eigenvalue weighted by atomic mass is 10.1.